The van der Waals surface area contributed by atoms with Crippen molar-refractivity contribution >= 4 is 0 Å². The first-order chi connectivity index (χ1) is 23.0. The molecule has 0 amide bonds. The first-order valence-corrected chi connectivity index (χ1v) is 15.6. The Morgan fingerprint density at radius 1 is 0.625 bits per heavy atom. The van der Waals surface area contributed by atoms with Gasteiger partial charge >= 0.3 is 0 Å². The van der Waals surface area contributed by atoms with Crippen LogP contribution in [0.4, 0.5) is 0 Å². The lowest BCUT2D eigenvalue weighted by Gasteiger charge is -2.39. The third kappa shape index (κ3) is 7.35. The fourth-order valence-electron chi connectivity index (χ4n) is 6.30. The zero-order valence-corrected chi connectivity index (χ0v) is 26.4. The molecule has 0 unspecified atom stereocenters. The zero-order valence-electron chi connectivity index (χ0n) is 26.4. The van der Waals surface area contributed by atoms with Gasteiger partial charge < -0.3 is 79.1 Å². The van der Waals surface area contributed by atoms with Gasteiger partial charge in [0.1, 0.15) is 48.8 Å². The van der Waals surface area contributed by atoms with Crippen LogP contribution in [-0.4, -0.2) is 148 Å². The summed E-state index contributed by atoms with van der Waals surface area (Å²) < 4.78 is 39.6. The second-order valence-electron chi connectivity index (χ2n) is 12.1. The molecule has 0 radical (unpaired) electrons. The van der Waals surface area contributed by atoms with E-state index < -0.39 is 80.7 Å². The van der Waals surface area contributed by atoms with Gasteiger partial charge in [-0.05, 0) is 47.7 Å². The Bertz CT molecular complexity index is 1340. The summed E-state index contributed by atoms with van der Waals surface area (Å²) in [4.78, 5) is 0. The van der Waals surface area contributed by atoms with E-state index in [2.05, 4.69) is 0 Å². The summed E-state index contributed by atoms with van der Waals surface area (Å²) in [5, 5.41) is 90.4. The lowest BCUT2D eigenvalue weighted by atomic mass is 9.84. The van der Waals surface area contributed by atoms with Crippen molar-refractivity contribution in [2.75, 3.05) is 40.6 Å². The van der Waals surface area contributed by atoms with Gasteiger partial charge in [0.15, 0.2) is 23.0 Å². The van der Waals surface area contributed by atoms with Crippen molar-refractivity contribution in [3.8, 4) is 23.0 Å². The fourth-order valence-corrected chi connectivity index (χ4v) is 6.30. The zero-order chi connectivity index (χ0) is 34.7. The molecule has 3 saturated heterocycles. The molecule has 3 fully saturated rings. The van der Waals surface area contributed by atoms with E-state index in [4.69, 9.17) is 33.2 Å². The Hall–Kier alpha value is -2.84. The Balaban J connectivity index is 1.26. The number of aliphatic hydroxyl groups excluding tert-OH is 9. The van der Waals surface area contributed by atoms with Crippen LogP contribution in [0.5, 0.6) is 23.0 Å². The summed E-state index contributed by atoms with van der Waals surface area (Å²) in [5.41, 5.74) is 1.52. The van der Waals surface area contributed by atoms with Crippen LogP contribution in [0, 0.1) is 11.8 Å². The molecule has 3 aliphatic rings. The van der Waals surface area contributed by atoms with Gasteiger partial charge in [0.05, 0.1) is 40.1 Å². The number of rotatable bonds is 12. The molecule has 2 aromatic carbocycles. The second-order valence-corrected chi connectivity index (χ2v) is 12.1. The summed E-state index contributed by atoms with van der Waals surface area (Å²) in [7, 11) is 2.85. The van der Waals surface area contributed by atoms with Crippen LogP contribution >= 0.6 is 0 Å². The second kappa shape index (κ2) is 15.8. The predicted molar refractivity (Wildman–Crippen MR) is 161 cm³/mol. The minimum Gasteiger partial charge on any atom is -0.493 e. The average molecular weight is 685 g/mol. The van der Waals surface area contributed by atoms with E-state index in [1.54, 1.807) is 36.4 Å². The molecule has 268 valence electrons. The molecule has 0 spiro atoms. The van der Waals surface area contributed by atoms with Crippen LogP contribution in [0.25, 0.3) is 0 Å². The standard InChI is InChI=1S/C32H44O16/c1-42-20-8-14(3-5-18(20)45-31-28(40)26(38)24(36)22(11-34)47-31)7-16-13-44-30(17(16)10-33)15-4-6-19(21(9-15)43-2)46-32-29(41)27(39)25(37)23(12-35)48-32/h3-6,8-9,16-17,22-41H,7,10-13H2,1-2H3/t16-,17+,22+,23-,24+,25-,26-,27+,28-,29-,30-,31+,32-/m0/s1. The summed E-state index contributed by atoms with van der Waals surface area (Å²) in [6.45, 7) is -1.05. The van der Waals surface area contributed by atoms with Gasteiger partial charge in [-0.1, -0.05) is 12.1 Å². The fraction of sp³-hybridized carbons (Fsp3) is 0.625. The Kier molecular flexibility index (Phi) is 12.0. The van der Waals surface area contributed by atoms with Gasteiger partial charge in [-0.25, -0.2) is 0 Å². The van der Waals surface area contributed by atoms with E-state index in [0.29, 0.717) is 24.3 Å². The normalized spacial score (nSPS) is 36.9. The molecule has 5 rings (SSSR count). The third-order valence-corrected chi connectivity index (χ3v) is 9.12. The molecule has 0 bridgehead atoms. The molecule has 2 aromatic rings. The first kappa shape index (κ1) is 36.4. The summed E-state index contributed by atoms with van der Waals surface area (Å²) in [6.07, 6.45) is -14.5. The number of methoxy groups -OCH3 is 2. The van der Waals surface area contributed by atoms with Gasteiger partial charge in [-0.15, -0.1) is 0 Å². The van der Waals surface area contributed by atoms with Crippen LogP contribution in [-0.2, 0) is 20.6 Å². The smallest absolute Gasteiger partial charge is 0.229 e. The number of hydrogen-bond acceptors (Lipinski definition) is 16. The minimum atomic E-state index is -1.61. The van der Waals surface area contributed by atoms with Crippen LogP contribution in [0.1, 0.15) is 17.2 Å². The maximum Gasteiger partial charge on any atom is 0.229 e. The van der Waals surface area contributed by atoms with Gasteiger partial charge in [0, 0.05) is 12.5 Å². The molecule has 16 nitrogen and oxygen atoms in total. The summed E-state index contributed by atoms with van der Waals surface area (Å²) >= 11 is 0. The van der Waals surface area contributed by atoms with E-state index in [-0.39, 0.29) is 35.7 Å². The van der Waals surface area contributed by atoms with Crippen molar-refractivity contribution in [3.63, 3.8) is 0 Å². The first-order valence-electron chi connectivity index (χ1n) is 15.6. The quantitative estimate of drug-likeness (QED) is 0.113. The topological polar surface area (TPSA) is 247 Å². The number of benzene rings is 2. The third-order valence-electron chi connectivity index (χ3n) is 9.12. The Morgan fingerprint density at radius 2 is 1.15 bits per heavy atom. The van der Waals surface area contributed by atoms with E-state index in [1.807, 2.05) is 0 Å². The Morgan fingerprint density at radius 3 is 1.65 bits per heavy atom. The molecule has 0 saturated carbocycles. The highest BCUT2D eigenvalue weighted by molar-refractivity contribution is 5.45. The average Bonchev–Trinajstić information content (AvgIpc) is 3.51. The molecule has 16 heteroatoms. The van der Waals surface area contributed by atoms with Crippen molar-refractivity contribution in [2.24, 2.45) is 11.8 Å². The SMILES string of the molecule is COc1cc(C[C@H]2CO[C@@H](c3ccc(O[C@H]4O[C@@H](CO)[C@H](O)[C@@H](O)[C@@H]4O)c(OC)c3)[C@@H]2CO)ccc1O[C@@H]1O[C@H](CO)[C@@H](O)[C@H](O)[C@@H]1O. The van der Waals surface area contributed by atoms with Crippen molar-refractivity contribution in [3.05, 3.63) is 47.5 Å². The van der Waals surface area contributed by atoms with Gasteiger partial charge in [-0.2, -0.15) is 0 Å². The molecule has 9 N–H and O–H groups in total. The van der Waals surface area contributed by atoms with E-state index >= 15 is 0 Å². The monoisotopic (exact) mass is 684 g/mol. The minimum absolute atomic E-state index is 0.113. The van der Waals surface area contributed by atoms with Crippen LogP contribution in [0.15, 0.2) is 36.4 Å². The highest BCUT2D eigenvalue weighted by Gasteiger charge is 2.46. The lowest BCUT2D eigenvalue weighted by molar-refractivity contribution is -0.277. The van der Waals surface area contributed by atoms with Gasteiger partial charge in [-0.3, -0.25) is 0 Å². The molecule has 48 heavy (non-hydrogen) atoms. The van der Waals surface area contributed by atoms with Crippen molar-refractivity contribution in [1.82, 2.24) is 0 Å². The van der Waals surface area contributed by atoms with Crippen molar-refractivity contribution in [2.45, 2.75) is 73.9 Å². The highest BCUT2D eigenvalue weighted by atomic mass is 16.7. The molecule has 0 aliphatic carbocycles. The molecule has 3 aliphatic heterocycles. The number of ether oxygens (including phenoxy) is 7. The molecular weight excluding hydrogens is 640 g/mol. The van der Waals surface area contributed by atoms with Crippen LogP contribution < -0.4 is 18.9 Å². The van der Waals surface area contributed by atoms with Gasteiger partial charge in [0.25, 0.3) is 0 Å². The van der Waals surface area contributed by atoms with E-state index in [9.17, 15) is 46.0 Å². The van der Waals surface area contributed by atoms with Crippen LogP contribution in [0.3, 0.4) is 0 Å². The van der Waals surface area contributed by atoms with Gasteiger partial charge in [0.2, 0.25) is 12.6 Å². The highest BCUT2D eigenvalue weighted by Crippen LogP contribution is 2.43. The lowest BCUT2D eigenvalue weighted by Crippen LogP contribution is -2.60. The molecule has 13 atom stereocenters. The van der Waals surface area contributed by atoms with Crippen molar-refractivity contribution in [1.29, 1.82) is 0 Å². The van der Waals surface area contributed by atoms with Crippen LogP contribution in [0.2, 0.25) is 0 Å². The summed E-state index contributed by atoms with van der Waals surface area (Å²) in [6, 6.07) is 10.1. The summed E-state index contributed by atoms with van der Waals surface area (Å²) in [5.74, 6) is 0.496. The Labute approximate surface area is 276 Å². The number of hydrogen-bond donors (Lipinski definition) is 9. The maximum atomic E-state index is 10.4. The molecule has 3 heterocycles. The molecule has 0 aromatic heterocycles. The maximum absolute atomic E-state index is 10.4. The predicted octanol–water partition coefficient (Wildman–Crippen LogP) is -2.40. The van der Waals surface area contributed by atoms with E-state index in [0.717, 1.165) is 5.56 Å². The molecular formula is C32H44O16. The largest absolute Gasteiger partial charge is 0.493 e. The van der Waals surface area contributed by atoms with Crippen molar-refractivity contribution < 1.29 is 79.1 Å². The van der Waals surface area contributed by atoms with E-state index in [1.165, 1.54) is 14.2 Å². The number of aliphatic hydroxyl groups is 9.